The van der Waals surface area contributed by atoms with Crippen LogP contribution in [0, 0.1) is 11.8 Å². The van der Waals surface area contributed by atoms with Gasteiger partial charge in [-0.1, -0.05) is 20.8 Å². The Balaban J connectivity index is 2.39. The summed E-state index contributed by atoms with van der Waals surface area (Å²) >= 11 is 0. The van der Waals surface area contributed by atoms with E-state index in [0.29, 0.717) is 0 Å². The first kappa shape index (κ1) is 9.05. The summed E-state index contributed by atoms with van der Waals surface area (Å²) in [6, 6.07) is 0.771. The molecule has 0 saturated carbocycles. The highest BCUT2D eigenvalue weighted by atomic mass is 14.9. The van der Waals surface area contributed by atoms with Crippen molar-refractivity contribution in [2.75, 3.05) is 6.54 Å². The standard InChI is InChI=1S/C10H21N/c1-8(2)10-7-9(3)5-4-6-11-10/h8-11H,4-7H2,1-3H3. The van der Waals surface area contributed by atoms with Crippen molar-refractivity contribution in [1.29, 1.82) is 0 Å². The molecule has 0 aromatic rings. The van der Waals surface area contributed by atoms with Crippen LogP contribution in [0.1, 0.15) is 40.0 Å². The normalized spacial score (nSPS) is 33.8. The fourth-order valence-corrected chi connectivity index (χ4v) is 1.88. The first-order valence-corrected chi connectivity index (χ1v) is 4.93. The second-order valence-electron chi connectivity index (χ2n) is 4.29. The Morgan fingerprint density at radius 3 is 2.73 bits per heavy atom. The molecule has 0 spiro atoms. The molecule has 1 aliphatic heterocycles. The van der Waals surface area contributed by atoms with Gasteiger partial charge < -0.3 is 5.32 Å². The van der Waals surface area contributed by atoms with E-state index in [0.717, 1.165) is 17.9 Å². The summed E-state index contributed by atoms with van der Waals surface area (Å²) in [6.45, 7) is 8.24. The van der Waals surface area contributed by atoms with Crippen LogP contribution in [0.2, 0.25) is 0 Å². The SMILES string of the molecule is CC1CCCNC(C(C)C)C1. The van der Waals surface area contributed by atoms with Crippen LogP contribution < -0.4 is 5.32 Å². The highest BCUT2D eigenvalue weighted by Gasteiger charge is 2.18. The Labute approximate surface area is 70.6 Å². The maximum Gasteiger partial charge on any atom is 0.00925 e. The van der Waals surface area contributed by atoms with Gasteiger partial charge in [-0.25, -0.2) is 0 Å². The van der Waals surface area contributed by atoms with Gasteiger partial charge in [0.1, 0.15) is 0 Å². The predicted octanol–water partition coefficient (Wildman–Crippen LogP) is 2.42. The highest BCUT2D eigenvalue weighted by molar-refractivity contribution is 4.76. The van der Waals surface area contributed by atoms with Crippen molar-refractivity contribution in [2.24, 2.45) is 11.8 Å². The van der Waals surface area contributed by atoms with Gasteiger partial charge in [-0.2, -0.15) is 0 Å². The molecule has 1 aliphatic rings. The van der Waals surface area contributed by atoms with Crippen LogP contribution in [0.3, 0.4) is 0 Å². The minimum Gasteiger partial charge on any atom is -0.314 e. The average molecular weight is 155 g/mol. The van der Waals surface area contributed by atoms with Gasteiger partial charge in [0, 0.05) is 6.04 Å². The van der Waals surface area contributed by atoms with E-state index in [1.807, 2.05) is 0 Å². The van der Waals surface area contributed by atoms with Crippen LogP contribution in [-0.4, -0.2) is 12.6 Å². The fourth-order valence-electron chi connectivity index (χ4n) is 1.88. The summed E-state index contributed by atoms with van der Waals surface area (Å²) in [5.74, 6) is 1.73. The number of nitrogens with one attached hydrogen (secondary N) is 1. The van der Waals surface area contributed by atoms with Gasteiger partial charge in [-0.15, -0.1) is 0 Å². The average Bonchev–Trinajstić information content (AvgIpc) is 2.13. The Kier molecular flexibility index (Phi) is 3.38. The monoisotopic (exact) mass is 155 g/mol. The van der Waals surface area contributed by atoms with E-state index in [1.54, 1.807) is 0 Å². The smallest absolute Gasteiger partial charge is 0.00925 e. The molecule has 0 aliphatic carbocycles. The lowest BCUT2D eigenvalue weighted by Gasteiger charge is -2.21. The van der Waals surface area contributed by atoms with Crippen LogP contribution in [0.25, 0.3) is 0 Å². The molecule has 1 N–H and O–H groups in total. The molecular formula is C10H21N. The molecule has 1 rings (SSSR count). The fraction of sp³-hybridized carbons (Fsp3) is 1.00. The lowest BCUT2D eigenvalue weighted by atomic mass is 9.93. The van der Waals surface area contributed by atoms with E-state index in [2.05, 4.69) is 26.1 Å². The minimum absolute atomic E-state index is 0.771. The molecule has 66 valence electrons. The summed E-state index contributed by atoms with van der Waals surface area (Å²) in [5.41, 5.74) is 0. The Morgan fingerprint density at radius 1 is 1.36 bits per heavy atom. The summed E-state index contributed by atoms with van der Waals surface area (Å²) in [7, 11) is 0. The van der Waals surface area contributed by atoms with E-state index >= 15 is 0 Å². The maximum atomic E-state index is 3.61. The molecule has 2 atom stereocenters. The van der Waals surface area contributed by atoms with Gasteiger partial charge in [-0.3, -0.25) is 0 Å². The number of hydrogen-bond donors (Lipinski definition) is 1. The molecule has 1 nitrogen and oxygen atoms in total. The van der Waals surface area contributed by atoms with E-state index in [4.69, 9.17) is 0 Å². The van der Waals surface area contributed by atoms with Crippen LogP contribution in [0.15, 0.2) is 0 Å². The second-order valence-corrected chi connectivity index (χ2v) is 4.29. The highest BCUT2D eigenvalue weighted by Crippen LogP contribution is 2.19. The van der Waals surface area contributed by atoms with Crippen molar-refractivity contribution in [3.8, 4) is 0 Å². The predicted molar refractivity (Wildman–Crippen MR) is 49.6 cm³/mol. The van der Waals surface area contributed by atoms with Gasteiger partial charge in [-0.05, 0) is 37.6 Å². The molecule has 0 aromatic heterocycles. The van der Waals surface area contributed by atoms with Crippen LogP contribution in [-0.2, 0) is 0 Å². The molecule has 11 heavy (non-hydrogen) atoms. The summed E-state index contributed by atoms with van der Waals surface area (Å²) in [6.07, 6.45) is 4.15. The Bertz CT molecular complexity index is 109. The molecule has 2 unspecified atom stereocenters. The molecule has 1 saturated heterocycles. The molecule has 1 fully saturated rings. The van der Waals surface area contributed by atoms with Crippen LogP contribution in [0.4, 0.5) is 0 Å². The first-order chi connectivity index (χ1) is 5.20. The van der Waals surface area contributed by atoms with E-state index < -0.39 is 0 Å². The zero-order valence-electron chi connectivity index (χ0n) is 8.06. The summed E-state index contributed by atoms with van der Waals surface area (Å²) in [4.78, 5) is 0. The zero-order chi connectivity index (χ0) is 8.27. The summed E-state index contributed by atoms with van der Waals surface area (Å²) in [5, 5.41) is 3.61. The van der Waals surface area contributed by atoms with Crippen molar-refractivity contribution in [3.63, 3.8) is 0 Å². The minimum atomic E-state index is 0.771. The van der Waals surface area contributed by atoms with E-state index in [-0.39, 0.29) is 0 Å². The topological polar surface area (TPSA) is 12.0 Å². The van der Waals surface area contributed by atoms with Gasteiger partial charge in [0.15, 0.2) is 0 Å². The van der Waals surface area contributed by atoms with Crippen LogP contribution >= 0.6 is 0 Å². The third-order valence-electron chi connectivity index (χ3n) is 2.74. The molecular weight excluding hydrogens is 134 g/mol. The van der Waals surface area contributed by atoms with E-state index in [9.17, 15) is 0 Å². The number of rotatable bonds is 1. The molecule has 0 radical (unpaired) electrons. The molecule has 0 aromatic carbocycles. The zero-order valence-corrected chi connectivity index (χ0v) is 8.06. The quantitative estimate of drug-likeness (QED) is 0.613. The lowest BCUT2D eigenvalue weighted by Crippen LogP contribution is -2.33. The lowest BCUT2D eigenvalue weighted by molar-refractivity contribution is 0.358. The van der Waals surface area contributed by atoms with Gasteiger partial charge in [0.25, 0.3) is 0 Å². The van der Waals surface area contributed by atoms with Gasteiger partial charge in [0.05, 0.1) is 0 Å². The molecule has 1 heterocycles. The maximum absolute atomic E-state index is 3.61. The first-order valence-electron chi connectivity index (χ1n) is 4.93. The number of hydrogen-bond acceptors (Lipinski definition) is 1. The Hall–Kier alpha value is -0.0400. The van der Waals surface area contributed by atoms with Gasteiger partial charge >= 0.3 is 0 Å². The Morgan fingerprint density at radius 2 is 2.09 bits per heavy atom. The van der Waals surface area contributed by atoms with Crippen molar-refractivity contribution < 1.29 is 0 Å². The summed E-state index contributed by atoms with van der Waals surface area (Å²) < 4.78 is 0. The third kappa shape index (κ3) is 2.82. The molecule has 1 heteroatoms. The van der Waals surface area contributed by atoms with Crippen molar-refractivity contribution >= 4 is 0 Å². The van der Waals surface area contributed by atoms with Crippen molar-refractivity contribution in [1.82, 2.24) is 5.32 Å². The van der Waals surface area contributed by atoms with Crippen molar-refractivity contribution in [3.05, 3.63) is 0 Å². The van der Waals surface area contributed by atoms with Crippen molar-refractivity contribution in [2.45, 2.75) is 46.1 Å². The molecule has 0 amide bonds. The second kappa shape index (κ2) is 4.10. The van der Waals surface area contributed by atoms with Crippen LogP contribution in [0.5, 0.6) is 0 Å². The van der Waals surface area contributed by atoms with E-state index in [1.165, 1.54) is 25.8 Å². The third-order valence-corrected chi connectivity index (χ3v) is 2.74. The molecule has 0 bridgehead atoms. The van der Waals surface area contributed by atoms with Gasteiger partial charge in [0.2, 0.25) is 0 Å². The largest absolute Gasteiger partial charge is 0.314 e.